The van der Waals surface area contributed by atoms with E-state index in [1.165, 1.54) is 11.8 Å². The minimum absolute atomic E-state index is 0.0266. The lowest BCUT2D eigenvalue weighted by atomic mass is 10.1. The summed E-state index contributed by atoms with van der Waals surface area (Å²) in [5.74, 6) is 0.365. The molecule has 5 heteroatoms. The van der Waals surface area contributed by atoms with Gasteiger partial charge in [-0.1, -0.05) is 0 Å². The first kappa shape index (κ1) is 10.3. The molecule has 72 valence electrons. The summed E-state index contributed by atoms with van der Waals surface area (Å²) in [4.78, 5) is 0. The van der Waals surface area contributed by atoms with Gasteiger partial charge in [-0.3, -0.25) is 0 Å². The number of aliphatic hydroxyl groups excluding tert-OH is 4. The molecule has 0 aliphatic carbocycles. The lowest BCUT2D eigenvalue weighted by Gasteiger charge is -2.18. The van der Waals surface area contributed by atoms with E-state index >= 15 is 0 Å². The van der Waals surface area contributed by atoms with Crippen molar-refractivity contribution >= 4 is 11.8 Å². The number of rotatable bonds is 1. The fraction of sp³-hybridized carbons (Fsp3) is 1.00. The van der Waals surface area contributed by atoms with E-state index in [1.54, 1.807) is 0 Å². The van der Waals surface area contributed by atoms with Crippen LogP contribution in [0.2, 0.25) is 0 Å². The molecule has 0 radical (unpaired) electrons. The fourth-order valence-electron chi connectivity index (χ4n) is 1.19. The molecule has 1 heterocycles. The predicted molar refractivity (Wildman–Crippen MR) is 46.0 cm³/mol. The van der Waals surface area contributed by atoms with Crippen LogP contribution in [0.4, 0.5) is 0 Å². The second-order valence-corrected chi connectivity index (χ2v) is 4.33. The number of hydrogen-bond acceptors (Lipinski definition) is 5. The third-order valence-corrected chi connectivity index (χ3v) is 3.35. The Morgan fingerprint density at radius 3 is 2.42 bits per heavy atom. The van der Waals surface area contributed by atoms with Crippen LogP contribution in [0.3, 0.4) is 0 Å². The van der Waals surface area contributed by atoms with E-state index in [0.717, 1.165) is 0 Å². The summed E-state index contributed by atoms with van der Waals surface area (Å²) in [5.41, 5.74) is 0. The van der Waals surface area contributed by atoms with Crippen LogP contribution < -0.4 is 0 Å². The van der Waals surface area contributed by atoms with E-state index in [9.17, 15) is 15.3 Å². The smallest absolute Gasteiger partial charge is 0.107 e. The quantitative estimate of drug-likeness (QED) is 0.411. The summed E-state index contributed by atoms with van der Waals surface area (Å²) in [6.45, 7) is -0.0266. The van der Waals surface area contributed by atoms with Gasteiger partial charge >= 0.3 is 0 Å². The zero-order chi connectivity index (χ0) is 9.14. The van der Waals surface area contributed by atoms with E-state index in [1.807, 2.05) is 0 Å². The molecule has 1 aliphatic rings. The summed E-state index contributed by atoms with van der Waals surface area (Å²) in [6.07, 6.45) is -2.55. The molecule has 0 unspecified atom stereocenters. The molecule has 1 aliphatic heterocycles. The topological polar surface area (TPSA) is 80.9 Å². The maximum atomic E-state index is 9.30. The highest BCUT2D eigenvalue weighted by molar-refractivity contribution is 8.00. The van der Waals surface area contributed by atoms with Gasteiger partial charge in [0, 0.05) is 11.0 Å². The molecule has 4 N–H and O–H groups in total. The van der Waals surface area contributed by atoms with Crippen LogP contribution in [-0.4, -0.2) is 56.3 Å². The zero-order valence-electron chi connectivity index (χ0n) is 6.63. The molecule has 1 fully saturated rings. The van der Waals surface area contributed by atoms with Gasteiger partial charge in [-0.2, -0.15) is 11.8 Å². The van der Waals surface area contributed by atoms with Gasteiger partial charge in [0.2, 0.25) is 0 Å². The van der Waals surface area contributed by atoms with Gasteiger partial charge in [0.05, 0.1) is 18.8 Å². The Balaban J connectivity index is 2.53. The Morgan fingerprint density at radius 2 is 1.83 bits per heavy atom. The first-order valence-electron chi connectivity index (χ1n) is 3.91. The van der Waals surface area contributed by atoms with E-state index < -0.39 is 18.3 Å². The van der Waals surface area contributed by atoms with Crippen molar-refractivity contribution in [3.8, 4) is 0 Å². The van der Waals surface area contributed by atoms with Crippen molar-refractivity contribution in [2.24, 2.45) is 0 Å². The molecule has 12 heavy (non-hydrogen) atoms. The minimum Gasteiger partial charge on any atom is -0.395 e. The van der Waals surface area contributed by atoms with Crippen molar-refractivity contribution in [1.82, 2.24) is 0 Å². The van der Waals surface area contributed by atoms with Crippen molar-refractivity contribution in [3.63, 3.8) is 0 Å². The zero-order valence-corrected chi connectivity index (χ0v) is 7.44. The highest BCUT2D eigenvalue weighted by Gasteiger charge is 2.31. The van der Waals surface area contributed by atoms with E-state index in [4.69, 9.17) is 5.11 Å². The molecule has 0 saturated carbocycles. The van der Waals surface area contributed by atoms with Gasteiger partial charge in [0.25, 0.3) is 0 Å². The standard InChI is InChI=1S/C7H14O4S/c8-2-4-1-5(9)7(11)6(10)3-12-4/h4-11H,1-3H2/t4-,5+,6-,7+/m0/s1. The minimum atomic E-state index is -1.07. The molecule has 0 aromatic carbocycles. The largest absolute Gasteiger partial charge is 0.395 e. The summed E-state index contributed by atoms with van der Waals surface area (Å²) >= 11 is 1.38. The molecular formula is C7H14O4S. The normalized spacial score (nSPS) is 44.0. The molecule has 0 amide bonds. The van der Waals surface area contributed by atoms with Gasteiger partial charge in [-0.05, 0) is 6.42 Å². The van der Waals surface area contributed by atoms with Crippen molar-refractivity contribution < 1.29 is 20.4 Å². The number of thioether (sulfide) groups is 1. The molecule has 0 aromatic heterocycles. The Hall–Kier alpha value is 0.190. The van der Waals surface area contributed by atoms with Crippen molar-refractivity contribution in [1.29, 1.82) is 0 Å². The number of aliphatic hydroxyl groups is 4. The Kier molecular flexibility index (Phi) is 3.79. The lowest BCUT2D eigenvalue weighted by molar-refractivity contribution is -0.0507. The van der Waals surface area contributed by atoms with E-state index in [-0.39, 0.29) is 11.9 Å². The summed E-state index contributed by atoms with van der Waals surface area (Å²) in [7, 11) is 0. The summed E-state index contributed by atoms with van der Waals surface area (Å²) in [6, 6.07) is 0. The Morgan fingerprint density at radius 1 is 1.17 bits per heavy atom. The van der Waals surface area contributed by atoms with Crippen molar-refractivity contribution in [2.75, 3.05) is 12.4 Å². The molecule has 0 spiro atoms. The average Bonchev–Trinajstić information content (AvgIpc) is 2.19. The van der Waals surface area contributed by atoms with E-state index in [2.05, 4.69) is 0 Å². The molecule has 1 saturated heterocycles. The Bertz CT molecular complexity index is 143. The van der Waals surface area contributed by atoms with Gasteiger partial charge in [0.15, 0.2) is 0 Å². The molecular weight excluding hydrogens is 180 g/mol. The van der Waals surface area contributed by atoms with Gasteiger partial charge in [0.1, 0.15) is 6.10 Å². The molecule has 0 aromatic rings. The van der Waals surface area contributed by atoms with Gasteiger partial charge in [-0.25, -0.2) is 0 Å². The molecule has 1 rings (SSSR count). The number of hydrogen-bond donors (Lipinski definition) is 4. The summed E-state index contributed by atoms with van der Waals surface area (Å²) < 4.78 is 0. The lowest BCUT2D eigenvalue weighted by Crippen LogP contribution is -2.37. The van der Waals surface area contributed by atoms with Crippen molar-refractivity contribution in [3.05, 3.63) is 0 Å². The summed E-state index contributed by atoms with van der Waals surface area (Å²) in [5, 5.41) is 36.5. The second-order valence-electron chi connectivity index (χ2n) is 3.00. The monoisotopic (exact) mass is 194 g/mol. The third kappa shape index (κ3) is 2.34. The first-order valence-corrected chi connectivity index (χ1v) is 4.96. The van der Waals surface area contributed by atoms with Crippen LogP contribution in [0.1, 0.15) is 6.42 Å². The average molecular weight is 194 g/mol. The van der Waals surface area contributed by atoms with Crippen LogP contribution >= 0.6 is 11.8 Å². The maximum Gasteiger partial charge on any atom is 0.107 e. The van der Waals surface area contributed by atoms with Gasteiger partial charge < -0.3 is 20.4 Å². The second kappa shape index (κ2) is 4.43. The molecule has 0 bridgehead atoms. The highest BCUT2D eigenvalue weighted by Crippen LogP contribution is 2.24. The van der Waals surface area contributed by atoms with Crippen LogP contribution in [0.25, 0.3) is 0 Å². The Labute approximate surface area is 75.2 Å². The third-order valence-electron chi connectivity index (χ3n) is 2.00. The SMILES string of the molecule is OC[C@@H]1C[C@@H](O)[C@@H](O)[C@@H](O)CS1. The van der Waals surface area contributed by atoms with Gasteiger partial charge in [-0.15, -0.1) is 0 Å². The van der Waals surface area contributed by atoms with E-state index in [0.29, 0.717) is 12.2 Å². The molecule has 4 atom stereocenters. The predicted octanol–water partition coefficient (Wildman–Crippen LogP) is -1.43. The van der Waals surface area contributed by atoms with Crippen molar-refractivity contribution in [2.45, 2.75) is 30.0 Å². The van der Waals surface area contributed by atoms with Crippen LogP contribution in [0.5, 0.6) is 0 Å². The van der Waals surface area contributed by atoms with Crippen LogP contribution in [-0.2, 0) is 0 Å². The molecule has 4 nitrogen and oxygen atoms in total. The first-order chi connectivity index (χ1) is 5.65. The maximum absolute atomic E-state index is 9.30. The fourth-order valence-corrected chi connectivity index (χ4v) is 2.30. The van der Waals surface area contributed by atoms with Crippen LogP contribution in [0, 0.1) is 0 Å². The van der Waals surface area contributed by atoms with Crippen LogP contribution in [0.15, 0.2) is 0 Å². The highest BCUT2D eigenvalue weighted by atomic mass is 32.2.